The highest BCUT2D eigenvalue weighted by atomic mass is 16.5. The maximum absolute atomic E-state index is 12.0. The summed E-state index contributed by atoms with van der Waals surface area (Å²) in [5.41, 5.74) is -0.395. The Balaban J connectivity index is 2.20. The molecule has 0 spiro atoms. The SMILES string of the molecule is CC1CC(CO)OC1n1ccc(/N=C/N(C)C)nc1=O. The molecule has 2 rings (SSSR count). The molecule has 3 unspecified atom stereocenters. The molecule has 0 saturated carbocycles. The minimum absolute atomic E-state index is 0.0335. The Morgan fingerprint density at radius 1 is 1.65 bits per heavy atom. The predicted octanol–water partition coefficient (Wildman–Crippen LogP) is 0.381. The second-order valence-electron chi connectivity index (χ2n) is 5.23. The highest BCUT2D eigenvalue weighted by Gasteiger charge is 2.33. The van der Waals surface area contributed by atoms with Gasteiger partial charge in [0.25, 0.3) is 0 Å². The van der Waals surface area contributed by atoms with Crippen LogP contribution in [0.5, 0.6) is 0 Å². The summed E-state index contributed by atoms with van der Waals surface area (Å²) in [5.74, 6) is 0.520. The average Bonchev–Trinajstić information content (AvgIpc) is 2.78. The standard InChI is InChI=1S/C13H20N4O3/c1-9-6-10(7-18)20-12(9)17-5-4-11(15-13(17)19)14-8-16(2)3/h4-5,8-10,12,18H,6-7H2,1-3H3/b14-8+. The third-order valence-electron chi connectivity index (χ3n) is 3.17. The van der Waals surface area contributed by atoms with Gasteiger partial charge in [-0.3, -0.25) is 4.57 Å². The fraction of sp³-hybridized carbons (Fsp3) is 0.615. The molecule has 0 amide bonds. The summed E-state index contributed by atoms with van der Waals surface area (Å²) in [5, 5.41) is 9.13. The van der Waals surface area contributed by atoms with Crippen LogP contribution in [0.25, 0.3) is 0 Å². The van der Waals surface area contributed by atoms with Gasteiger partial charge >= 0.3 is 5.69 Å². The van der Waals surface area contributed by atoms with Crippen molar-refractivity contribution >= 4 is 12.2 Å². The van der Waals surface area contributed by atoms with Crippen LogP contribution in [0.1, 0.15) is 19.6 Å². The van der Waals surface area contributed by atoms with Crippen molar-refractivity contribution in [3.05, 3.63) is 22.7 Å². The molecule has 2 heterocycles. The lowest BCUT2D eigenvalue weighted by Gasteiger charge is -2.17. The molecule has 0 bridgehead atoms. The summed E-state index contributed by atoms with van der Waals surface area (Å²) in [6, 6.07) is 1.67. The maximum atomic E-state index is 12.0. The molecule has 7 heteroatoms. The zero-order valence-electron chi connectivity index (χ0n) is 11.9. The van der Waals surface area contributed by atoms with Crippen molar-refractivity contribution in [2.24, 2.45) is 10.9 Å². The summed E-state index contributed by atoms with van der Waals surface area (Å²) in [4.78, 5) is 21.8. The van der Waals surface area contributed by atoms with Crippen molar-refractivity contribution < 1.29 is 9.84 Å². The van der Waals surface area contributed by atoms with Gasteiger partial charge in [-0.1, -0.05) is 6.92 Å². The molecule has 0 aromatic carbocycles. The van der Waals surface area contributed by atoms with Gasteiger partial charge in [0.05, 0.1) is 19.0 Å². The van der Waals surface area contributed by atoms with Crippen LogP contribution < -0.4 is 5.69 Å². The second-order valence-corrected chi connectivity index (χ2v) is 5.23. The van der Waals surface area contributed by atoms with Crippen LogP contribution in [0.15, 0.2) is 22.1 Å². The van der Waals surface area contributed by atoms with E-state index in [-0.39, 0.29) is 24.9 Å². The molecule has 110 valence electrons. The quantitative estimate of drug-likeness (QED) is 0.637. The molecule has 1 aromatic heterocycles. The van der Waals surface area contributed by atoms with Gasteiger partial charge in [-0.05, 0) is 12.5 Å². The Labute approximate surface area is 117 Å². The van der Waals surface area contributed by atoms with E-state index in [2.05, 4.69) is 9.98 Å². The number of aliphatic hydroxyl groups is 1. The summed E-state index contributed by atoms with van der Waals surface area (Å²) < 4.78 is 7.11. The van der Waals surface area contributed by atoms with Crippen molar-refractivity contribution in [3.8, 4) is 0 Å². The molecule has 1 N–H and O–H groups in total. The van der Waals surface area contributed by atoms with Crippen LogP contribution in [0.4, 0.5) is 5.82 Å². The van der Waals surface area contributed by atoms with Crippen LogP contribution in [0.3, 0.4) is 0 Å². The zero-order chi connectivity index (χ0) is 14.7. The monoisotopic (exact) mass is 280 g/mol. The van der Waals surface area contributed by atoms with Gasteiger partial charge in [-0.25, -0.2) is 9.79 Å². The topological polar surface area (TPSA) is 80.0 Å². The Kier molecular flexibility index (Phi) is 4.51. The third kappa shape index (κ3) is 3.23. The number of hydrogen-bond donors (Lipinski definition) is 1. The fourth-order valence-corrected chi connectivity index (χ4v) is 2.22. The molecule has 1 aliphatic heterocycles. The number of aromatic nitrogens is 2. The van der Waals surface area contributed by atoms with Crippen molar-refractivity contribution in [1.82, 2.24) is 14.5 Å². The number of aliphatic imine (C=N–C) groups is 1. The third-order valence-corrected chi connectivity index (χ3v) is 3.17. The van der Waals surface area contributed by atoms with Gasteiger partial charge in [0.15, 0.2) is 5.82 Å². The van der Waals surface area contributed by atoms with E-state index in [9.17, 15) is 4.79 Å². The highest BCUT2D eigenvalue weighted by Crippen LogP contribution is 2.32. The summed E-state index contributed by atoms with van der Waals surface area (Å²) in [7, 11) is 3.68. The van der Waals surface area contributed by atoms with E-state index in [0.717, 1.165) is 6.42 Å². The minimum Gasteiger partial charge on any atom is -0.394 e. The van der Waals surface area contributed by atoms with Crippen LogP contribution >= 0.6 is 0 Å². The number of hydrogen-bond acceptors (Lipinski definition) is 5. The van der Waals surface area contributed by atoms with Gasteiger partial charge in [0, 0.05) is 26.2 Å². The smallest absolute Gasteiger partial charge is 0.351 e. The molecule has 0 aliphatic carbocycles. The summed E-state index contributed by atoms with van der Waals surface area (Å²) in [6.45, 7) is 1.96. The molecular weight excluding hydrogens is 260 g/mol. The Morgan fingerprint density at radius 3 is 2.95 bits per heavy atom. The first kappa shape index (κ1) is 14.7. The Bertz CT molecular complexity index is 541. The molecule has 1 fully saturated rings. The molecule has 3 atom stereocenters. The number of ether oxygens (including phenoxy) is 1. The van der Waals surface area contributed by atoms with Crippen LogP contribution in [0.2, 0.25) is 0 Å². The van der Waals surface area contributed by atoms with E-state index in [0.29, 0.717) is 5.82 Å². The second kappa shape index (κ2) is 6.15. The lowest BCUT2D eigenvalue weighted by Crippen LogP contribution is -2.29. The molecular formula is C13H20N4O3. The first-order valence-electron chi connectivity index (χ1n) is 6.57. The molecule has 1 aliphatic rings. The normalized spacial score (nSPS) is 26.3. The van der Waals surface area contributed by atoms with Crippen molar-refractivity contribution in [1.29, 1.82) is 0 Å². The first-order chi connectivity index (χ1) is 9.51. The van der Waals surface area contributed by atoms with Crippen molar-refractivity contribution in [2.75, 3.05) is 20.7 Å². The highest BCUT2D eigenvalue weighted by molar-refractivity contribution is 5.58. The lowest BCUT2D eigenvalue weighted by atomic mass is 10.1. The van der Waals surface area contributed by atoms with Gasteiger partial charge in [0.1, 0.15) is 6.23 Å². The van der Waals surface area contributed by atoms with E-state index in [4.69, 9.17) is 9.84 Å². The van der Waals surface area contributed by atoms with Crippen LogP contribution in [-0.2, 0) is 4.74 Å². The van der Waals surface area contributed by atoms with Gasteiger partial charge in [0.2, 0.25) is 0 Å². The summed E-state index contributed by atoms with van der Waals surface area (Å²) >= 11 is 0. The molecule has 1 saturated heterocycles. The molecule has 7 nitrogen and oxygen atoms in total. The summed E-state index contributed by atoms with van der Waals surface area (Å²) in [6.07, 6.45) is 3.36. The average molecular weight is 280 g/mol. The van der Waals surface area contributed by atoms with Gasteiger partial charge in [-0.2, -0.15) is 4.98 Å². The number of aliphatic hydroxyl groups excluding tert-OH is 1. The fourth-order valence-electron chi connectivity index (χ4n) is 2.22. The molecule has 0 radical (unpaired) electrons. The minimum atomic E-state index is -0.395. The Hall–Kier alpha value is -1.73. The maximum Gasteiger partial charge on any atom is 0.351 e. The van der Waals surface area contributed by atoms with E-state index < -0.39 is 5.69 Å². The predicted molar refractivity (Wildman–Crippen MR) is 75.1 cm³/mol. The van der Waals surface area contributed by atoms with E-state index in [1.165, 1.54) is 4.57 Å². The zero-order valence-corrected chi connectivity index (χ0v) is 11.9. The van der Waals surface area contributed by atoms with Crippen molar-refractivity contribution in [3.63, 3.8) is 0 Å². The molecule has 1 aromatic rings. The Morgan fingerprint density at radius 2 is 2.40 bits per heavy atom. The number of rotatable bonds is 4. The van der Waals surface area contributed by atoms with E-state index in [1.807, 2.05) is 21.0 Å². The van der Waals surface area contributed by atoms with Gasteiger partial charge in [-0.15, -0.1) is 0 Å². The molecule has 20 heavy (non-hydrogen) atoms. The largest absolute Gasteiger partial charge is 0.394 e. The van der Waals surface area contributed by atoms with Gasteiger partial charge < -0.3 is 14.7 Å². The van der Waals surface area contributed by atoms with Crippen LogP contribution in [-0.4, -0.2) is 52.7 Å². The van der Waals surface area contributed by atoms with E-state index >= 15 is 0 Å². The van der Waals surface area contributed by atoms with E-state index in [1.54, 1.807) is 23.5 Å². The first-order valence-corrected chi connectivity index (χ1v) is 6.57. The number of nitrogens with zero attached hydrogens (tertiary/aromatic N) is 4. The van der Waals surface area contributed by atoms with Crippen LogP contribution in [0, 0.1) is 5.92 Å². The lowest BCUT2D eigenvalue weighted by molar-refractivity contribution is -0.0335. The van der Waals surface area contributed by atoms with Crippen molar-refractivity contribution in [2.45, 2.75) is 25.7 Å².